The normalized spacial score (nSPS) is 11.6. The van der Waals surface area contributed by atoms with E-state index >= 15 is 0 Å². The van der Waals surface area contributed by atoms with E-state index < -0.39 is 17.5 Å². The molecular weight excluding hydrogens is 305 g/mol. The van der Waals surface area contributed by atoms with Crippen LogP contribution in [0.15, 0.2) is 22.7 Å². The smallest absolute Gasteiger partial charge is 0.217 e. The number of nitrogens with two attached hydrogens (primary N) is 1. The van der Waals surface area contributed by atoms with Crippen LogP contribution in [0.25, 0.3) is 0 Å². The van der Waals surface area contributed by atoms with Crippen molar-refractivity contribution in [2.24, 2.45) is 5.73 Å². The van der Waals surface area contributed by atoms with Crippen molar-refractivity contribution in [2.45, 2.75) is 18.6 Å². The fraction of sp³-hybridized carbons (Fsp3) is 0.417. The number of carbonyl (C=O) groups excluding carboxylic acids is 1. The van der Waals surface area contributed by atoms with Crippen molar-refractivity contribution in [1.29, 1.82) is 0 Å². The molecule has 0 radical (unpaired) electrons. The van der Waals surface area contributed by atoms with Gasteiger partial charge in [0.2, 0.25) is 5.91 Å². The highest BCUT2D eigenvalue weighted by Gasteiger charge is 2.33. The fourth-order valence-electron chi connectivity index (χ4n) is 1.69. The van der Waals surface area contributed by atoms with Crippen LogP contribution < -0.4 is 5.73 Å². The zero-order valence-corrected chi connectivity index (χ0v) is 11.8. The summed E-state index contributed by atoms with van der Waals surface area (Å²) in [4.78, 5) is 10.9. The predicted molar refractivity (Wildman–Crippen MR) is 68.2 cm³/mol. The lowest BCUT2D eigenvalue weighted by atomic mass is 10.00. The molecule has 1 aromatic rings. The zero-order valence-electron chi connectivity index (χ0n) is 10.2. The van der Waals surface area contributed by atoms with Crippen molar-refractivity contribution in [1.82, 2.24) is 0 Å². The summed E-state index contributed by atoms with van der Waals surface area (Å²) in [6.45, 7) is 0. The van der Waals surface area contributed by atoms with Gasteiger partial charge in [-0.25, -0.2) is 4.39 Å². The van der Waals surface area contributed by atoms with E-state index in [2.05, 4.69) is 15.9 Å². The molecule has 2 N–H and O–H groups in total. The fourth-order valence-corrected chi connectivity index (χ4v) is 1.93. The molecule has 6 heteroatoms. The molecule has 0 aromatic heterocycles. The molecular formula is C12H15BrFNO3. The quantitative estimate of drug-likeness (QED) is 0.818. The number of benzene rings is 1. The van der Waals surface area contributed by atoms with Gasteiger partial charge in [0.25, 0.3) is 0 Å². The highest BCUT2D eigenvalue weighted by molar-refractivity contribution is 9.10. The molecule has 0 bridgehead atoms. The van der Waals surface area contributed by atoms with Gasteiger partial charge in [-0.3, -0.25) is 4.79 Å². The Bertz CT molecular complexity index is 435. The minimum absolute atomic E-state index is 0.0827. The van der Waals surface area contributed by atoms with Crippen LogP contribution in [0.3, 0.4) is 0 Å². The lowest BCUT2D eigenvalue weighted by Gasteiger charge is -2.31. The molecule has 0 spiro atoms. The molecule has 0 aliphatic carbocycles. The number of methoxy groups -OCH3 is 2. The first kappa shape index (κ1) is 15.1. The van der Waals surface area contributed by atoms with E-state index in [1.54, 1.807) is 12.1 Å². The van der Waals surface area contributed by atoms with Gasteiger partial charge in [0.15, 0.2) is 5.79 Å². The van der Waals surface area contributed by atoms with E-state index in [0.29, 0.717) is 10.0 Å². The van der Waals surface area contributed by atoms with E-state index in [1.807, 2.05) is 0 Å². The molecule has 1 amide bonds. The monoisotopic (exact) mass is 319 g/mol. The van der Waals surface area contributed by atoms with Gasteiger partial charge in [-0.2, -0.15) is 0 Å². The summed E-state index contributed by atoms with van der Waals surface area (Å²) in [7, 11) is 2.87. The molecule has 0 unspecified atom stereocenters. The van der Waals surface area contributed by atoms with Gasteiger partial charge in [0.05, 0.1) is 4.47 Å². The molecule has 0 heterocycles. The predicted octanol–water partition coefficient (Wildman–Crippen LogP) is 2.30. The van der Waals surface area contributed by atoms with Crippen molar-refractivity contribution >= 4 is 21.8 Å². The van der Waals surface area contributed by atoms with Crippen LogP contribution in [0.4, 0.5) is 4.39 Å². The minimum atomic E-state index is -1.17. The largest absolute Gasteiger partial charge is 0.370 e. The Labute approximate surface area is 113 Å². The van der Waals surface area contributed by atoms with Crippen molar-refractivity contribution in [3.63, 3.8) is 0 Å². The topological polar surface area (TPSA) is 61.5 Å². The molecule has 1 aromatic carbocycles. The van der Waals surface area contributed by atoms with Gasteiger partial charge in [0.1, 0.15) is 5.82 Å². The third-order valence-corrected chi connectivity index (χ3v) is 3.36. The molecule has 4 nitrogen and oxygen atoms in total. The highest BCUT2D eigenvalue weighted by atomic mass is 79.9. The number of halogens is 2. The second-order valence-corrected chi connectivity index (χ2v) is 4.61. The van der Waals surface area contributed by atoms with Gasteiger partial charge in [-0.1, -0.05) is 6.07 Å². The first-order chi connectivity index (χ1) is 8.45. The van der Waals surface area contributed by atoms with Crippen molar-refractivity contribution in [3.05, 3.63) is 34.1 Å². The van der Waals surface area contributed by atoms with Crippen LogP contribution in [-0.2, 0) is 20.1 Å². The summed E-state index contributed by atoms with van der Waals surface area (Å²) < 4.78 is 24.5. The Morgan fingerprint density at radius 1 is 1.44 bits per heavy atom. The number of hydrogen-bond donors (Lipinski definition) is 1. The summed E-state index contributed by atoms with van der Waals surface area (Å²) in [5, 5.41) is 0. The SMILES string of the molecule is COC(CCC(N)=O)(OC)c1ccc(Br)c(F)c1. The third kappa shape index (κ3) is 3.28. The van der Waals surface area contributed by atoms with Crippen molar-refractivity contribution < 1.29 is 18.7 Å². The number of amides is 1. The molecule has 0 fully saturated rings. The van der Waals surface area contributed by atoms with E-state index in [0.717, 1.165) is 0 Å². The van der Waals surface area contributed by atoms with Crippen molar-refractivity contribution in [2.75, 3.05) is 14.2 Å². The first-order valence-electron chi connectivity index (χ1n) is 5.29. The second kappa shape index (κ2) is 6.26. The van der Waals surface area contributed by atoms with Gasteiger partial charge >= 0.3 is 0 Å². The van der Waals surface area contributed by atoms with E-state index in [9.17, 15) is 9.18 Å². The van der Waals surface area contributed by atoms with Crippen LogP contribution in [0, 0.1) is 5.82 Å². The molecule has 0 atom stereocenters. The average Bonchev–Trinajstić information content (AvgIpc) is 2.35. The molecule has 18 heavy (non-hydrogen) atoms. The van der Waals surface area contributed by atoms with Crippen LogP contribution in [0.5, 0.6) is 0 Å². The van der Waals surface area contributed by atoms with Gasteiger partial charge in [0, 0.05) is 32.6 Å². The van der Waals surface area contributed by atoms with E-state index in [1.165, 1.54) is 20.3 Å². The Hall–Kier alpha value is -0.980. The minimum Gasteiger partial charge on any atom is -0.370 e. The van der Waals surface area contributed by atoms with Crippen molar-refractivity contribution in [3.8, 4) is 0 Å². The molecule has 100 valence electrons. The summed E-state index contributed by atoms with van der Waals surface area (Å²) in [6.07, 6.45) is 0.301. The van der Waals surface area contributed by atoms with Crippen LogP contribution >= 0.6 is 15.9 Å². The Morgan fingerprint density at radius 3 is 2.50 bits per heavy atom. The Kier molecular flexibility index (Phi) is 5.25. The van der Waals surface area contributed by atoms with E-state index in [-0.39, 0.29) is 12.8 Å². The van der Waals surface area contributed by atoms with Gasteiger partial charge in [-0.05, 0) is 28.1 Å². The van der Waals surface area contributed by atoms with Crippen LogP contribution in [-0.4, -0.2) is 20.1 Å². The summed E-state index contributed by atoms with van der Waals surface area (Å²) in [6, 6.07) is 4.53. The maximum atomic E-state index is 13.5. The average molecular weight is 320 g/mol. The van der Waals surface area contributed by atoms with Gasteiger partial charge < -0.3 is 15.2 Å². The zero-order chi connectivity index (χ0) is 13.8. The van der Waals surface area contributed by atoms with E-state index in [4.69, 9.17) is 15.2 Å². The molecule has 0 aliphatic heterocycles. The second-order valence-electron chi connectivity index (χ2n) is 3.76. The maximum Gasteiger partial charge on any atom is 0.217 e. The summed E-state index contributed by atoms with van der Waals surface area (Å²) in [5.74, 6) is -2.06. The summed E-state index contributed by atoms with van der Waals surface area (Å²) in [5.41, 5.74) is 5.60. The third-order valence-electron chi connectivity index (χ3n) is 2.72. The molecule has 0 aliphatic rings. The highest BCUT2D eigenvalue weighted by Crippen LogP contribution is 2.32. The van der Waals surface area contributed by atoms with Gasteiger partial charge in [-0.15, -0.1) is 0 Å². The maximum absolute atomic E-state index is 13.5. The molecule has 0 saturated carbocycles. The lowest BCUT2D eigenvalue weighted by molar-refractivity contribution is -0.220. The molecule has 0 saturated heterocycles. The summed E-state index contributed by atoms with van der Waals surface area (Å²) >= 11 is 3.07. The standard InChI is InChI=1S/C12H15BrFNO3/c1-17-12(18-2,6-5-11(15)16)8-3-4-9(13)10(14)7-8/h3-4,7H,5-6H2,1-2H3,(H2,15,16). The number of carbonyl (C=O) groups is 1. The Balaban J connectivity index is 3.09. The number of ether oxygens (including phenoxy) is 2. The number of hydrogen-bond acceptors (Lipinski definition) is 3. The Morgan fingerprint density at radius 2 is 2.06 bits per heavy atom. The first-order valence-corrected chi connectivity index (χ1v) is 6.08. The lowest BCUT2D eigenvalue weighted by Crippen LogP contribution is -2.32. The van der Waals surface area contributed by atoms with Crippen LogP contribution in [0.1, 0.15) is 18.4 Å². The van der Waals surface area contributed by atoms with Crippen LogP contribution in [0.2, 0.25) is 0 Å². The molecule has 1 rings (SSSR count). The number of primary amides is 1. The number of rotatable bonds is 6.